The molecule has 0 aromatic heterocycles. The first-order chi connectivity index (χ1) is 9.55. The standard InChI is InChI=1S/C15H20BrNO2S/c1-2-17-15(14(18)19)9-3-4-13(10-15)20-12-7-5-11(16)6-8-12/h5-8,13,17H,2-4,9-10H2,1H3,(H,18,19). The van der Waals surface area contributed by atoms with E-state index >= 15 is 0 Å². The van der Waals surface area contributed by atoms with Crippen molar-refractivity contribution in [1.82, 2.24) is 5.32 Å². The van der Waals surface area contributed by atoms with Gasteiger partial charge in [-0.25, -0.2) is 0 Å². The van der Waals surface area contributed by atoms with Crippen LogP contribution >= 0.6 is 27.7 Å². The minimum atomic E-state index is -0.736. The number of nitrogens with one attached hydrogen (secondary N) is 1. The van der Waals surface area contributed by atoms with Gasteiger partial charge in [0.2, 0.25) is 0 Å². The first-order valence-corrected chi connectivity index (χ1v) is 8.63. The van der Waals surface area contributed by atoms with Crippen molar-refractivity contribution >= 4 is 33.7 Å². The Hall–Kier alpha value is -0.520. The van der Waals surface area contributed by atoms with Crippen LogP contribution in [0.25, 0.3) is 0 Å². The molecule has 1 saturated carbocycles. The van der Waals surface area contributed by atoms with Crippen molar-refractivity contribution in [3.8, 4) is 0 Å². The van der Waals surface area contributed by atoms with E-state index in [2.05, 4.69) is 33.4 Å². The van der Waals surface area contributed by atoms with Gasteiger partial charge in [0, 0.05) is 14.6 Å². The number of thioether (sulfide) groups is 1. The van der Waals surface area contributed by atoms with Crippen LogP contribution in [0.5, 0.6) is 0 Å². The second-order valence-corrected chi connectivity index (χ2v) is 7.50. The number of carbonyl (C=O) groups is 1. The van der Waals surface area contributed by atoms with Gasteiger partial charge in [0.25, 0.3) is 0 Å². The third-order valence-corrected chi connectivity index (χ3v) is 5.56. The molecule has 5 heteroatoms. The fraction of sp³-hybridized carbons (Fsp3) is 0.533. The zero-order chi connectivity index (χ0) is 14.6. The summed E-state index contributed by atoms with van der Waals surface area (Å²) in [5.74, 6) is -0.708. The van der Waals surface area contributed by atoms with Crippen LogP contribution in [0.2, 0.25) is 0 Å². The molecule has 1 aliphatic carbocycles. The van der Waals surface area contributed by atoms with Crippen LogP contribution in [0.3, 0.4) is 0 Å². The summed E-state index contributed by atoms with van der Waals surface area (Å²) in [5, 5.41) is 13.1. The summed E-state index contributed by atoms with van der Waals surface area (Å²) in [6.45, 7) is 2.66. The van der Waals surface area contributed by atoms with E-state index in [1.165, 1.54) is 4.90 Å². The average molecular weight is 358 g/mol. The third kappa shape index (κ3) is 3.77. The number of hydrogen-bond acceptors (Lipinski definition) is 3. The van der Waals surface area contributed by atoms with Gasteiger partial charge in [0.1, 0.15) is 5.54 Å². The maximum Gasteiger partial charge on any atom is 0.323 e. The Labute approximate surface area is 132 Å². The van der Waals surface area contributed by atoms with Crippen LogP contribution in [-0.2, 0) is 4.79 Å². The minimum absolute atomic E-state index is 0.361. The number of halogens is 1. The van der Waals surface area contributed by atoms with E-state index in [-0.39, 0.29) is 0 Å². The van der Waals surface area contributed by atoms with Crippen LogP contribution in [0, 0.1) is 0 Å². The number of aliphatic carboxylic acids is 1. The lowest BCUT2D eigenvalue weighted by molar-refractivity contribution is -0.146. The Morgan fingerprint density at radius 1 is 1.50 bits per heavy atom. The summed E-state index contributed by atoms with van der Waals surface area (Å²) in [6, 6.07) is 8.22. The van der Waals surface area contributed by atoms with Gasteiger partial charge in [-0.2, -0.15) is 0 Å². The van der Waals surface area contributed by atoms with Crippen LogP contribution in [-0.4, -0.2) is 28.4 Å². The molecule has 1 aromatic rings. The lowest BCUT2D eigenvalue weighted by Crippen LogP contribution is -2.55. The molecule has 3 nitrogen and oxygen atoms in total. The molecule has 0 radical (unpaired) electrons. The summed E-state index contributed by atoms with van der Waals surface area (Å²) >= 11 is 5.23. The van der Waals surface area contributed by atoms with E-state index in [1.54, 1.807) is 11.8 Å². The first-order valence-electron chi connectivity index (χ1n) is 6.96. The van der Waals surface area contributed by atoms with Crippen LogP contribution in [0.4, 0.5) is 0 Å². The second-order valence-electron chi connectivity index (χ2n) is 5.21. The summed E-state index contributed by atoms with van der Waals surface area (Å²) < 4.78 is 1.07. The largest absolute Gasteiger partial charge is 0.480 e. The number of benzene rings is 1. The second kappa shape index (κ2) is 6.96. The van der Waals surface area contributed by atoms with E-state index in [9.17, 15) is 9.90 Å². The van der Waals surface area contributed by atoms with Gasteiger partial charge >= 0.3 is 5.97 Å². The molecule has 1 aromatic carbocycles. The normalized spacial score (nSPS) is 26.4. The molecule has 2 N–H and O–H groups in total. The fourth-order valence-corrected chi connectivity index (χ4v) is 4.39. The quantitative estimate of drug-likeness (QED) is 0.838. The predicted octanol–water partition coefficient (Wildman–Crippen LogP) is 3.92. The van der Waals surface area contributed by atoms with Crippen molar-refractivity contribution in [1.29, 1.82) is 0 Å². The van der Waals surface area contributed by atoms with Crippen molar-refractivity contribution in [2.45, 2.75) is 48.3 Å². The maximum atomic E-state index is 11.6. The van der Waals surface area contributed by atoms with Crippen molar-refractivity contribution in [2.75, 3.05) is 6.54 Å². The van der Waals surface area contributed by atoms with E-state index in [4.69, 9.17) is 0 Å². The van der Waals surface area contributed by atoms with Gasteiger partial charge in [0.05, 0.1) is 0 Å². The molecule has 110 valence electrons. The Bertz CT molecular complexity index is 461. The molecule has 0 heterocycles. The predicted molar refractivity (Wildman–Crippen MR) is 86.3 cm³/mol. The maximum absolute atomic E-state index is 11.6. The molecule has 1 fully saturated rings. The molecular weight excluding hydrogens is 338 g/mol. The molecule has 0 bridgehead atoms. The highest BCUT2D eigenvalue weighted by atomic mass is 79.9. The summed E-state index contributed by atoms with van der Waals surface area (Å²) in [4.78, 5) is 12.8. The Morgan fingerprint density at radius 3 is 2.80 bits per heavy atom. The smallest absolute Gasteiger partial charge is 0.323 e. The number of rotatable bonds is 5. The van der Waals surface area contributed by atoms with Crippen LogP contribution in [0.1, 0.15) is 32.6 Å². The molecule has 0 amide bonds. The molecule has 2 atom stereocenters. The molecule has 20 heavy (non-hydrogen) atoms. The average Bonchev–Trinajstić information content (AvgIpc) is 2.42. The Kier molecular flexibility index (Phi) is 5.52. The summed E-state index contributed by atoms with van der Waals surface area (Å²) in [6.07, 6.45) is 3.47. The van der Waals surface area contributed by atoms with Gasteiger partial charge in [-0.05, 0) is 56.5 Å². The molecule has 0 saturated heterocycles. The van der Waals surface area contributed by atoms with E-state index in [1.807, 2.05) is 19.1 Å². The van der Waals surface area contributed by atoms with E-state index in [0.717, 1.165) is 23.7 Å². The highest BCUT2D eigenvalue weighted by Crippen LogP contribution is 2.38. The molecule has 1 aliphatic rings. The van der Waals surface area contributed by atoms with Crippen molar-refractivity contribution < 1.29 is 9.90 Å². The number of carboxylic acids is 1. The Morgan fingerprint density at radius 2 is 2.20 bits per heavy atom. The van der Waals surface area contributed by atoms with Crippen LogP contribution in [0.15, 0.2) is 33.6 Å². The van der Waals surface area contributed by atoms with Crippen molar-refractivity contribution in [2.24, 2.45) is 0 Å². The molecular formula is C15H20BrNO2S. The minimum Gasteiger partial charge on any atom is -0.480 e. The highest BCUT2D eigenvalue weighted by Gasteiger charge is 2.42. The summed E-state index contributed by atoms with van der Waals surface area (Å²) in [5.41, 5.74) is -0.736. The highest BCUT2D eigenvalue weighted by molar-refractivity contribution is 9.10. The van der Waals surface area contributed by atoms with E-state index < -0.39 is 11.5 Å². The van der Waals surface area contributed by atoms with Gasteiger partial charge in [-0.3, -0.25) is 4.79 Å². The van der Waals surface area contributed by atoms with Gasteiger partial charge < -0.3 is 10.4 Å². The lowest BCUT2D eigenvalue weighted by atomic mass is 9.81. The zero-order valence-corrected chi connectivity index (χ0v) is 14.0. The third-order valence-electron chi connectivity index (χ3n) is 3.75. The van der Waals surface area contributed by atoms with Crippen LogP contribution < -0.4 is 5.32 Å². The number of likely N-dealkylation sites (N-methyl/N-ethyl adjacent to an activating group) is 1. The first kappa shape index (κ1) is 15.9. The van der Waals surface area contributed by atoms with Crippen molar-refractivity contribution in [3.05, 3.63) is 28.7 Å². The lowest BCUT2D eigenvalue weighted by Gasteiger charge is -2.38. The molecule has 0 spiro atoms. The molecule has 2 unspecified atom stereocenters. The van der Waals surface area contributed by atoms with Gasteiger partial charge in [0.15, 0.2) is 0 Å². The number of carboxylic acid groups (broad SMARTS) is 1. The van der Waals surface area contributed by atoms with Gasteiger partial charge in [-0.15, -0.1) is 11.8 Å². The monoisotopic (exact) mass is 357 g/mol. The summed E-state index contributed by atoms with van der Waals surface area (Å²) in [7, 11) is 0. The zero-order valence-electron chi connectivity index (χ0n) is 11.6. The molecule has 2 rings (SSSR count). The van der Waals surface area contributed by atoms with Gasteiger partial charge in [-0.1, -0.05) is 22.9 Å². The molecule has 0 aliphatic heterocycles. The Balaban J connectivity index is 2.05. The number of hydrogen-bond donors (Lipinski definition) is 2. The van der Waals surface area contributed by atoms with Crippen molar-refractivity contribution in [3.63, 3.8) is 0 Å². The van der Waals surface area contributed by atoms with E-state index in [0.29, 0.717) is 18.2 Å². The topological polar surface area (TPSA) is 49.3 Å². The fourth-order valence-electron chi connectivity index (χ4n) is 2.80. The SMILES string of the molecule is CCNC1(C(=O)O)CCCC(Sc2ccc(Br)cc2)C1.